The number of thiazole rings is 1. The first-order valence-corrected chi connectivity index (χ1v) is 8.18. The van der Waals surface area contributed by atoms with Crippen LogP contribution >= 0.6 is 11.3 Å². The smallest absolute Gasteiger partial charge is 0.124 e. The Labute approximate surface area is 131 Å². The van der Waals surface area contributed by atoms with Crippen molar-refractivity contribution >= 4 is 11.3 Å². The highest BCUT2D eigenvalue weighted by molar-refractivity contribution is 7.15. The molecule has 1 aromatic heterocycles. The Morgan fingerprint density at radius 2 is 2.05 bits per heavy atom. The van der Waals surface area contributed by atoms with Crippen LogP contribution < -0.4 is 10.5 Å². The van der Waals surface area contributed by atoms with Crippen molar-refractivity contribution in [3.63, 3.8) is 0 Å². The maximum absolute atomic E-state index is 6.31. The van der Waals surface area contributed by atoms with Crippen LogP contribution in [0.15, 0.2) is 24.3 Å². The second kappa shape index (κ2) is 6.16. The summed E-state index contributed by atoms with van der Waals surface area (Å²) in [6.07, 6.45) is 0. The normalized spacial score (nSPS) is 12.0. The number of benzene rings is 1. The first kappa shape index (κ1) is 16.0. The van der Waals surface area contributed by atoms with E-state index in [9.17, 15) is 0 Å². The summed E-state index contributed by atoms with van der Waals surface area (Å²) in [5.41, 5.74) is 8.13. The van der Waals surface area contributed by atoms with Crippen LogP contribution in [0.2, 0.25) is 0 Å². The van der Waals surface area contributed by atoms with Crippen LogP contribution in [0, 0.1) is 0 Å². The summed E-state index contributed by atoms with van der Waals surface area (Å²) in [5, 5.41) is 1.01. The van der Waals surface area contributed by atoms with Crippen molar-refractivity contribution in [3.8, 4) is 16.3 Å². The van der Waals surface area contributed by atoms with E-state index in [-0.39, 0.29) is 5.54 Å². The van der Waals surface area contributed by atoms with Gasteiger partial charge in [-0.25, -0.2) is 4.98 Å². The lowest BCUT2D eigenvalue weighted by atomic mass is 9.98. The number of rotatable bonds is 5. The van der Waals surface area contributed by atoms with Gasteiger partial charge >= 0.3 is 0 Å². The molecule has 114 valence electrons. The Hall–Kier alpha value is -1.39. The highest BCUT2D eigenvalue weighted by atomic mass is 32.1. The molecule has 2 rings (SSSR count). The molecule has 0 atom stereocenters. The summed E-state index contributed by atoms with van der Waals surface area (Å²) < 4.78 is 5.57. The van der Waals surface area contributed by atoms with Crippen LogP contribution in [0.5, 0.6) is 5.75 Å². The minimum absolute atomic E-state index is 0.364. The Balaban J connectivity index is 2.47. The van der Waals surface area contributed by atoms with Crippen LogP contribution in [0.4, 0.5) is 0 Å². The minimum Gasteiger partial charge on any atom is -0.494 e. The molecule has 0 saturated carbocycles. The molecule has 0 fully saturated rings. The SMILES string of the molecule is CCOc1cccc(-c2nc(C(C)C)c(C(C)(C)N)s2)c1. The first-order chi connectivity index (χ1) is 9.82. The van der Waals surface area contributed by atoms with Gasteiger partial charge in [-0.3, -0.25) is 0 Å². The molecule has 0 spiro atoms. The van der Waals surface area contributed by atoms with E-state index in [4.69, 9.17) is 15.5 Å². The molecule has 2 N–H and O–H groups in total. The molecule has 2 aromatic rings. The predicted octanol–water partition coefficient (Wildman–Crippen LogP) is 4.53. The number of nitrogens with two attached hydrogens (primary N) is 1. The Bertz CT molecular complexity index is 611. The molecule has 0 saturated heterocycles. The van der Waals surface area contributed by atoms with Gasteiger partial charge in [0, 0.05) is 16.0 Å². The summed E-state index contributed by atoms with van der Waals surface area (Å²) in [6, 6.07) is 8.08. The van der Waals surface area contributed by atoms with Gasteiger partial charge in [-0.1, -0.05) is 26.0 Å². The lowest BCUT2D eigenvalue weighted by molar-refractivity contribution is 0.340. The van der Waals surface area contributed by atoms with Crippen LogP contribution in [0.3, 0.4) is 0 Å². The van der Waals surface area contributed by atoms with E-state index in [1.807, 2.05) is 39.0 Å². The molecule has 1 heterocycles. The second-order valence-electron chi connectivity index (χ2n) is 6.07. The fourth-order valence-corrected chi connectivity index (χ4v) is 3.43. The highest BCUT2D eigenvalue weighted by Gasteiger charge is 2.25. The topological polar surface area (TPSA) is 48.1 Å². The van der Waals surface area contributed by atoms with Crippen LogP contribution in [0.25, 0.3) is 10.6 Å². The van der Waals surface area contributed by atoms with Crippen molar-refractivity contribution in [1.82, 2.24) is 4.98 Å². The van der Waals surface area contributed by atoms with E-state index in [0.29, 0.717) is 12.5 Å². The van der Waals surface area contributed by atoms with Crippen molar-refractivity contribution in [3.05, 3.63) is 34.8 Å². The third-order valence-corrected chi connectivity index (χ3v) is 4.64. The third-order valence-electron chi connectivity index (χ3n) is 3.18. The standard InChI is InChI=1S/C17H24N2OS/c1-6-20-13-9-7-8-12(10-13)16-19-14(11(2)3)15(21-16)17(4,5)18/h7-11H,6,18H2,1-5H3. The number of ether oxygens (including phenoxy) is 1. The van der Waals surface area contributed by atoms with Crippen molar-refractivity contribution in [2.45, 2.75) is 46.1 Å². The second-order valence-corrected chi connectivity index (χ2v) is 7.07. The lowest BCUT2D eigenvalue weighted by Gasteiger charge is -2.19. The molecular formula is C17H24N2OS. The maximum atomic E-state index is 6.31. The molecule has 0 aliphatic heterocycles. The Kier molecular flexibility index (Phi) is 4.69. The fraction of sp³-hybridized carbons (Fsp3) is 0.471. The lowest BCUT2D eigenvalue weighted by Crippen LogP contribution is -2.28. The van der Waals surface area contributed by atoms with Crippen LogP contribution in [-0.2, 0) is 5.54 Å². The van der Waals surface area contributed by atoms with Crippen molar-refractivity contribution in [1.29, 1.82) is 0 Å². The van der Waals surface area contributed by atoms with Gasteiger partial charge in [-0.2, -0.15) is 0 Å². The number of aromatic nitrogens is 1. The molecule has 0 bridgehead atoms. The van der Waals surface area contributed by atoms with E-state index in [0.717, 1.165) is 26.9 Å². The number of hydrogen-bond acceptors (Lipinski definition) is 4. The van der Waals surface area contributed by atoms with Gasteiger partial charge in [0.15, 0.2) is 0 Å². The third kappa shape index (κ3) is 3.63. The van der Waals surface area contributed by atoms with E-state index >= 15 is 0 Å². The summed E-state index contributed by atoms with van der Waals surface area (Å²) in [4.78, 5) is 5.99. The number of nitrogens with zero attached hydrogens (tertiary/aromatic N) is 1. The summed E-state index contributed by atoms with van der Waals surface area (Å²) in [7, 11) is 0. The number of hydrogen-bond donors (Lipinski definition) is 1. The largest absolute Gasteiger partial charge is 0.494 e. The van der Waals surface area contributed by atoms with E-state index in [1.165, 1.54) is 0 Å². The van der Waals surface area contributed by atoms with Crippen molar-refractivity contribution < 1.29 is 4.74 Å². The quantitative estimate of drug-likeness (QED) is 0.883. The first-order valence-electron chi connectivity index (χ1n) is 7.36. The molecule has 0 unspecified atom stereocenters. The average molecular weight is 304 g/mol. The minimum atomic E-state index is -0.368. The molecule has 1 aromatic carbocycles. The maximum Gasteiger partial charge on any atom is 0.124 e. The van der Waals surface area contributed by atoms with Gasteiger partial charge in [0.05, 0.1) is 12.3 Å². The highest BCUT2D eigenvalue weighted by Crippen LogP contribution is 2.37. The molecule has 3 nitrogen and oxygen atoms in total. The molecular weight excluding hydrogens is 280 g/mol. The summed E-state index contributed by atoms with van der Waals surface area (Å²) in [5.74, 6) is 1.24. The van der Waals surface area contributed by atoms with E-state index in [2.05, 4.69) is 19.9 Å². The van der Waals surface area contributed by atoms with Crippen molar-refractivity contribution in [2.75, 3.05) is 6.61 Å². The summed E-state index contributed by atoms with van der Waals surface area (Å²) in [6.45, 7) is 11.0. The predicted molar refractivity (Wildman–Crippen MR) is 90.0 cm³/mol. The van der Waals surface area contributed by atoms with Crippen LogP contribution in [0.1, 0.15) is 51.1 Å². The molecule has 21 heavy (non-hydrogen) atoms. The molecule has 0 amide bonds. The Morgan fingerprint density at radius 1 is 1.33 bits per heavy atom. The zero-order valence-electron chi connectivity index (χ0n) is 13.4. The zero-order valence-corrected chi connectivity index (χ0v) is 14.3. The van der Waals surface area contributed by atoms with Gasteiger partial charge in [0.25, 0.3) is 0 Å². The van der Waals surface area contributed by atoms with Gasteiger partial charge in [0.1, 0.15) is 10.8 Å². The molecule has 0 aliphatic carbocycles. The summed E-state index contributed by atoms with van der Waals surface area (Å²) >= 11 is 1.68. The van der Waals surface area contributed by atoms with E-state index < -0.39 is 0 Å². The van der Waals surface area contributed by atoms with Gasteiger partial charge < -0.3 is 10.5 Å². The van der Waals surface area contributed by atoms with Crippen molar-refractivity contribution in [2.24, 2.45) is 5.73 Å². The van der Waals surface area contributed by atoms with Gasteiger partial charge in [0.2, 0.25) is 0 Å². The monoisotopic (exact) mass is 304 g/mol. The van der Waals surface area contributed by atoms with Gasteiger partial charge in [-0.05, 0) is 38.8 Å². The zero-order chi connectivity index (χ0) is 15.6. The molecule has 0 radical (unpaired) electrons. The average Bonchev–Trinajstić information content (AvgIpc) is 2.84. The molecule has 0 aliphatic rings. The van der Waals surface area contributed by atoms with Crippen LogP contribution in [-0.4, -0.2) is 11.6 Å². The molecule has 4 heteroatoms. The Morgan fingerprint density at radius 3 is 2.57 bits per heavy atom. The van der Waals surface area contributed by atoms with E-state index in [1.54, 1.807) is 11.3 Å². The van der Waals surface area contributed by atoms with Gasteiger partial charge in [-0.15, -0.1) is 11.3 Å². The fourth-order valence-electron chi connectivity index (χ4n) is 2.19.